The minimum atomic E-state index is 0.0387. The average Bonchev–Trinajstić information content (AvgIpc) is 2.78. The van der Waals surface area contributed by atoms with E-state index in [4.69, 9.17) is 4.74 Å². The summed E-state index contributed by atoms with van der Waals surface area (Å²) >= 11 is 0. The molecule has 1 atom stereocenters. The molecule has 1 aromatic heterocycles. The first kappa shape index (κ1) is 13.6. The Kier molecular flexibility index (Phi) is 3.90. The van der Waals surface area contributed by atoms with E-state index in [2.05, 4.69) is 36.4 Å². The number of methoxy groups -OCH3 is 1. The number of aromatic nitrogens is 2. The van der Waals surface area contributed by atoms with Crippen molar-refractivity contribution in [1.82, 2.24) is 15.1 Å². The van der Waals surface area contributed by atoms with Crippen LogP contribution in [-0.4, -0.2) is 23.9 Å². The van der Waals surface area contributed by atoms with Gasteiger partial charge in [-0.05, 0) is 44.2 Å². The van der Waals surface area contributed by atoms with Gasteiger partial charge in [0.15, 0.2) is 0 Å². The maximum absolute atomic E-state index is 5.54. The number of hydrogen-bond donors (Lipinski definition) is 1. The third-order valence-corrected chi connectivity index (χ3v) is 3.32. The van der Waals surface area contributed by atoms with Crippen molar-refractivity contribution in [3.05, 3.63) is 46.8 Å². The summed E-state index contributed by atoms with van der Waals surface area (Å²) in [5.41, 5.74) is 4.56. The smallest absolute Gasteiger partial charge is 0.124 e. The van der Waals surface area contributed by atoms with Gasteiger partial charge in [0.05, 0.1) is 18.8 Å². The molecule has 4 heteroatoms. The Morgan fingerprint density at radius 2 is 2.05 bits per heavy atom. The summed E-state index contributed by atoms with van der Waals surface area (Å²) in [6.07, 6.45) is 1.95. The van der Waals surface area contributed by atoms with Gasteiger partial charge in [-0.25, -0.2) is 0 Å². The molecule has 0 bridgehead atoms. The molecule has 2 rings (SSSR count). The van der Waals surface area contributed by atoms with Gasteiger partial charge in [-0.3, -0.25) is 4.68 Å². The van der Waals surface area contributed by atoms with E-state index in [0.717, 1.165) is 17.0 Å². The van der Waals surface area contributed by atoms with Crippen LogP contribution in [0.5, 0.6) is 5.75 Å². The topological polar surface area (TPSA) is 39.1 Å². The third-order valence-electron chi connectivity index (χ3n) is 3.32. The second kappa shape index (κ2) is 5.45. The Bertz CT molecular complexity index is 575. The lowest BCUT2D eigenvalue weighted by atomic mass is 9.96. The van der Waals surface area contributed by atoms with Gasteiger partial charge in [0, 0.05) is 18.8 Å². The number of ether oxygens (including phenoxy) is 1. The van der Waals surface area contributed by atoms with Gasteiger partial charge in [-0.2, -0.15) is 5.10 Å². The molecule has 0 radical (unpaired) electrons. The van der Waals surface area contributed by atoms with Crippen molar-refractivity contribution in [3.63, 3.8) is 0 Å². The van der Waals surface area contributed by atoms with E-state index in [1.165, 1.54) is 11.1 Å². The van der Waals surface area contributed by atoms with Crippen LogP contribution in [0.2, 0.25) is 0 Å². The van der Waals surface area contributed by atoms with Crippen LogP contribution in [0, 0.1) is 13.8 Å². The van der Waals surface area contributed by atoms with Crippen LogP contribution in [0.1, 0.15) is 28.4 Å². The Labute approximate surface area is 114 Å². The fraction of sp³-hybridized carbons (Fsp3) is 0.400. The summed E-state index contributed by atoms with van der Waals surface area (Å²) in [5.74, 6) is 0.905. The molecule has 102 valence electrons. The van der Waals surface area contributed by atoms with Crippen molar-refractivity contribution < 1.29 is 4.74 Å². The van der Waals surface area contributed by atoms with Crippen molar-refractivity contribution >= 4 is 0 Å². The number of nitrogens with zero attached hydrogens (tertiary/aromatic N) is 2. The maximum atomic E-state index is 5.54. The molecule has 1 unspecified atom stereocenters. The molecule has 1 heterocycles. The zero-order valence-corrected chi connectivity index (χ0v) is 12.2. The van der Waals surface area contributed by atoms with E-state index < -0.39 is 0 Å². The highest BCUT2D eigenvalue weighted by Crippen LogP contribution is 2.33. The van der Waals surface area contributed by atoms with E-state index in [0.29, 0.717) is 0 Å². The molecule has 0 spiro atoms. The van der Waals surface area contributed by atoms with E-state index in [9.17, 15) is 0 Å². The molecule has 0 saturated heterocycles. The van der Waals surface area contributed by atoms with Crippen molar-refractivity contribution in [1.29, 1.82) is 0 Å². The second-order valence-electron chi connectivity index (χ2n) is 4.83. The van der Waals surface area contributed by atoms with E-state index in [1.807, 2.05) is 31.0 Å². The fourth-order valence-corrected chi connectivity index (χ4v) is 2.51. The van der Waals surface area contributed by atoms with Crippen LogP contribution < -0.4 is 10.1 Å². The summed E-state index contributed by atoms with van der Waals surface area (Å²) in [6, 6.07) is 6.30. The van der Waals surface area contributed by atoms with Gasteiger partial charge in [0.1, 0.15) is 5.75 Å². The molecule has 0 aliphatic heterocycles. The maximum Gasteiger partial charge on any atom is 0.124 e. The van der Waals surface area contributed by atoms with E-state index in [1.54, 1.807) is 7.11 Å². The SMILES string of the molecule is CNC(c1ccn(C)n1)c1c(C)cc(C)cc1OC. The predicted molar refractivity (Wildman–Crippen MR) is 76.6 cm³/mol. The van der Waals surface area contributed by atoms with Crippen molar-refractivity contribution in [2.24, 2.45) is 7.05 Å². The summed E-state index contributed by atoms with van der Waals surface area (Å²) in [4.78, 5) is 0. The van der Waals surface area contributed by atoms with Gasteiger partial charge in [0.2, 0.25) is 0 Å². The molecule has 0 fully saturated rings. The fourth-order valence-electron chi connectivity index (χ4n) is 2.51. The first-order valence-corrected chi connectivity index (χ1v) is 6.38. The monoisotopic (exact) mass is 259 g/mol. The number of hydrogen-bond acceptors (Lipinski definition) is 3. The minimum absolute atomic E-state index is 0.0387. The van der Waals surface area contributed by atoms with Crippen LogP contribution >= 0.6 is 0 Å². The minimum Gasteiger partial charge on any atom is -0.496 e. The van der Waals surface area contributed by atoms with Crippen LogP contribution in [0.3, 0.4) is 0 Å². The van der Waals surface area contributed by atoms with Crippen molar-refractivity contribution in [2.75, 3.05) is 14.2 Å². The van der Waals surface area contributed by atoms with Gasteiger partial charge in [0.25, 0.3) is 0 Å². The molecule has 0 amide bonds. The van der Waals surface area contributed by atoms with Gasteiger partial charge < -0.3 is 10.1 Å². The van der Waals surface area contributed by atoms with Crippen LogP contribution in [-0.2, 0) is 7.05 Å². The number of benzene rings is 1. The zero-order valence-electron chi connectivity index (χ0n) is 12.2. The summed E-state index contributed by atoms with van der Waals surface area (Å²) < 4.78 is 7.36. The molecule has 2 aromatic rings. The molecule has 19 heavy (non-hydrogen) atoms. The van der Waals surface area contributed by atoms with E-state index in [-0.39, 0.29) is 6.04 Å². The second-order valence-corrected chi connectivity index (χ2v) is 4.83. The standard InChI is InChI=1S/C15H21N3O/c1-10-8-11(2)14(13(9-10)19-5)15(16-3)12-6-7-18(4)17-12/h6-9,15-16H,1-5H3. The lowest BCUT2D eigenvalue weighted by molar-refractivity contribution is 0.404. The third kappa shape index (κ3) is 2.63. The van der Waals surface area contributed by atoms with Crippen LogP contribution in [0.25, 0.3) is 0 Å². The molecular formula is C15H21N3O. The number of nitrogens with one attached hydrogen (secondary N) is 1. The Morgan fingerprint density at radius 3 is 2.58 bits per heavy atom. The highest BCUT2D eigenvalue weighted by Gasteiger charge is 2.21. The Balaban J connectivity index is 2.55. The molecular weight excluding hydrogens is 238 g/mol. The van der Waals surface area contributed by atoms with Crippen molar-refractivity contribution in [3.8, 4) is 5.75 Å². The average molecular weight is 259 g/mol. The van der Waals surface area contributed by atoms with E-state index >= 15 is 0 Å². The van der Waals surface area contributed by atoms with Crippen LogP contribution in [0.15, 0.2) is 24.4 Å². The molecule has 0 saturated carbocycles. The summed E-state index contributed by atoms with van der Waals surface area (Å²) in [7, 11) is 5.58. The highest BCUT2D eigenvalue weighted by molar-refractivity contribution is 5.47. The van der Waals surface area contributed by atoms with Crippen LogP contribution in [0.4, 0.5) is 0 Å². The molecule has 1 N–H and O–H groups in total. The van der Waals surface area contributed by atoms with Gasteiger partial charge >= 0.3 is 0 Å². The zero-order chi connectivity index (χ0) is 14.0. The summed E-state index contributed by atoms with van der Waals surface area (Å²) in [5, 5.41) is 7.82. The number of rotatable bonds is 4. The largest absolute Gasteiger partial charge is 0.496 e. The lowest BCUT2D eigenvalue weighted by Gasteiger charge is -2.20. The lowest BCUT2D eigenvalue weighted by Crippen LogP contribution is -2.20. The predicted octanol–water partition coefficient (Wildman–Crippen LogP) is 2.35. The normalized spacial score (nSPS) is 12.5. The molecule has 4 nitrogen and oxygen atoms in total. The van der Waals surface area contributed by atoms with Crippen molar-refractivity contribution in [2.45, 2.75) is 19.9 Å². The highest BCUT2D eigenvalue weighted by atomic mass is 16.5. The molecule has 0 aliphatic rings. The first-order valence-electron chi connectivity index (χ1n) is 6.38. The quantitative estimate of drug-likeness (QED) is 0.916. The number of aryl methyl sites for hydroxylation is 3. The molecule has 0 aliphatic carbocycles. The Morgan fingerprint density at radius 1 is 1.32 bits per heavy atom. The van der Waals surface area contributed by atoms with Gasteiger partial charge in [-0.1, -0.05) is 6.07 Å². The first-order chi connectivity index (χ1) is 9.06. The van der Waals surface area contributed by atoms with Gasteiger partial charge in [-0.15, -0.1) is 0 Å². The summed E-state index contributed by atoms with van der Waals surface area (Å²) in [6.45, 7) is 4.19. The molecule has 1 aromatic carbocycles. The Hall–Kier alpha value is -1.81.